The van der Waals surface area contributed by atoms with Gasteiger partial charge in [-0.05, 0) is 31.0 Å². The number of carboxylic acid groups (broad SMARTS) is 1. The molecule has 0 fully saturated rings. The molecule has 0 aliphatic rings. The van der Waals surface area contributed by atoms with Crippen LogP contribution >= 0.6 is 0 Å². The maximum absolute atomic E-state index is 12.1. The SMILES string of the molecule is Cc1ccc2oc(C(=O)N[C@H](C(=O)O)C(C)C)cc2c1. The first-order chi connectivity index (χ1) is 9.38. The Morgan fingerprint density at radius 3 is 2.55 bits per heavy atom. The first kappa shape index (κ1) is 14.1. The van der Waals surface area contributed by atoms with Crippen molar-refractivity contribution in [2.45, 2.75) is 26.8 Å². The molecule has 0 bridgehead atoms. The van der Waals surface area contributed by atoms with E-state index in [0.717, 1.165) is 10.9 Å². The van der Waals surface area contributed by atoms with Gasteiger partial charge in [0.1, 0.15) is 11.6 Å². The second kappa shape index (κ2) is 5.36. The van der Waals surface area contributed by atoms with Gasteiger partial charge in [0.2, 0.25) is 0 Å². The van der Waals surface area contributed by atoms with Crippen LogP contribution in [0.15, 0.2) is 28.7 Å². The number of furan rings is 1. The van der Waals surface area contributed by atoms with E-state index in [1.165, 1.54) is 0 Å². The third-order valence-corrected chi connectivity index (χ3v) is 3.11. The van der Waals surface area contributed by atoms with E-state index in [1.54, 1.807) is 26.0 Å². The summed E-state index contributed by atoms with van der Waals surface area (Å²) in [6.07, 6.45) is 0. The molecule has 0 saturated carbocycles. The summed E-state index contributed by atoms with van der Waals surface area (Å²) in [6, 6.07) is 6.28. The van der Waals surface area contributed by atoms with E-state index in [1.807, 2.05) is 19.1 Å². The number of carbonyl (C=O) groups excluding carboxylic acids is 1. The highest BCUT2D eigenvalue weighted by molar-refractivity contribution is 5.98. The number of benzene rings is 1. The van der Waals surface area contributed by atoms with E-state index in [0.29, 0.717) is 5.58 Å². The molecular formula is C15H17NO4. The monoisotopic (exact) mass is 275 g/mol. The van der Waals surface area contributed by atoms with Crippen molar-refractivity contribution in [1.82, 2.24) is 5.32 Å². The van der Waals surface area contributed by atoms with Crippen molar-refractivity contribution < 1.29 is 19.1 Å². The molecule has 5 nitrogen and oxygen atoms in total. The molecule has 0 radical (unpaired) electrons. The van der Waals surface area contributed by atoms with Crippen LogP contribution in [0, 0.1) is 12.8 Å². The number of fused-ring (bicyclic) bond motifs is 1. The Labute approximate surface area is 116 Å². The summed E-state index contributed by atoms with van der Waals surface area (Å²) >= 11 is 0. The van der Waals surface area contributed by atoms with Crippen LogP contribution in [0.3, 0.4) is 0 Å². The summed E-state index contributed by atoms with van der Waals surface area (Å²) in [5.41, 5.74) is 1.67. The van der Waals surface area contributed by atoms with E-state index in [2.05, 4.69) is 5.32 Å². The maximum atomic E-state index is 12.1. The summed E-state index contributed by atoms with van der Waals surface area (Å²) < 4.78 is 5.44. The highest BCUT2D eigenvalue weighted by Crippen LogP contribution is 2.20. The Morgan fingerprint density at radius 1 is 1.25 bits per heavy atom. The number of rotatable bonds is 4. The van der Waals surface area contributed by atoms with Crippen molar-refractivity contribution in [3.63, 3.8) is 0 Å². The topological polar surface area (TPSA) is 79.5 Å². The molecule has 1 aromatic carbocycles. The number of amides is 1. The zero-order chi connectivity index (χ0) is 14.9. The fourth-order valence-corrected chi connectivity index (χ4v) is 2.00. The van der Waals surface area contributed by atoms with Crippen LogP contribution in [-0.4, -0.2) is 23.0 Å². The van der Waals surface area contributed by atoms with Crippen molar-refractivity contribution in [3.05, 3.63) is 35.6 Å². The molecule has 2 aromatic rings. The smallest absolute Gasteiger partial charge is 0.326 e. The fraction of sp³-hybridized carbons (Fsp3) is 0.333. The van der Waals surface area contributed by atoms with Crippen LogP contribution in [0.1, 0.15) is 30.0 Å². The molecule has 1 amide bonds. The van der Waals surface area contributed by atoms with Crippen molar-refractivity contribution in [2.24, 2.45) is 5.92 Å². The van der Waals surface area contributed by atoms with Gasteiger partial charge < -0.3 is 14.8 Å². The molecule has 20 heavy (non-hydrogen) atoms. The number of aryl methyl sites for hydroxylation is 1. The van der Waals surface area contributed by atoms with Crippen LogP contribution in [0.2, 0.25) is 0 Å². The van der Waals surface area contributed by atoms with Crippen molar-refractivity contribution in [1.29, 1.82) is 0 Å². The maximum Gasteiger partial charge on any atom is 0.326 e. The Balaban J connectivity index is 2.25. The van der Waals surface area contributed by atoms with Crippen molar-refractivity contribution >= 4 is 22.8 Å². The number of hydrogen-bond acceptors (Lipinski definition) is 3. The summed E-state index contributed by atoms with van der Waals surface area (Å²) in [4.78, 5) is 23.1. The second-order valence-corrected chi connectivity index (χ2v) is 5.19. The van der Waals surface area contributed by atoms with Gasteiger partial charge in [0.25, 0.3) is 5.91 Å². The molecule has 5 heteroatoms. The predicted octanol–water partition coefficient (Wildman–Crippen LogP) is 2.58. The van der Waals surface area contributed by atoms with Gasteiger partial charge in [-0.25, -0.2) is 4.79 Å². The highest BCUT2D eigenvalue weighted by Gasteiger charge is 2.25. The lowest BCUT2D eigenvalue weighted by Gasteiger charge is -2.16. The molecule has 1 heterocycles. The van der Waals surface area contributed by atoms with Gasteiger partial charge in [-0.2, -0.15) is 0 Å². The Kier molecular flexibility index (Phi) is 3.79. The van der Waals surface area contributed by atoms with Crippen LogP contribution in [0.5, 0.6) is 0 Å². The second-order valence-electron chi connectivity index (χ2n) is 5.19. The number of nitrogens with one attached hydrogen (secondary N) is 1. The molecule has 1 atom stereocenters. The van der Waals surface area contributed by atoms with E-state index in [4.69, 9.17) is 9.52 Å². The fourth-order valence-electron chi connectivity index (χ4n) is 2.00. The molecule has 2 N–H and O–H groups in total. The minimum absolute atomic E-state index is 0.123. The van der Waals surface area contributed by atoms with E-state index in [9.17, 15) is 9.59 Å². The lowest BCUT2D eigenvalue weighted by Crippen LogP contribution is -2.44. The van der Waals surface area contributed by atoms with Gasteiger partial charge in [0.15, 0.2) is 5.76 Å². The Hall–Kier alpha value is -2.30. The van der Waals surface area contributed by atoms with E-state index in [-0.39, 0.29) is 11.7 Å². The zero-order valence-corrected chi connectivity index (χ0v) is 11.6. The minimum atomic E-state index is -1.06. The van der Waals surface area contributed by atoms with Gasteiger partial charge in [0, 0.05) is 5.39 Å². The van der Waals surface area contributed by atoms with Gasteiger partial charge >= 0.3 is 5.97 Å². The third-order valence-electron chi connectivity index (χ3n) is 3.11. The summed E-state index contributed by atoms with van der Waals surface area (Å²) in [6.45, 7) is 5.42. The predicted molar refractivity (Wildman–Crippen MR) is 74.7 cm³/mol. The first-order valence-corrected chi connectivity index (χ1v) is 6.42. The average Bonchev–Trinajstić information content (AvgIpc) is 2.77. The normalized spacial score (nSPS) is 12.6. The number of carbonyl (C=O) groups is 2. The lowest BCUT2D eigenvalue weighted by molar-refractivity contribution is -0.140. The highest BCUT2D eigenvalue weighted by atomic mass is 16.4. The lowest BCUT2D eigenvalue weighted by atomic mass is 10.0. The Morgan fingerprint density at radius 2 is 1.95 bits per heavy atom. The van der Waals surface area contributed by atoms with E-state index < -0.39 is 17.9 Å². The van der Waals surface area contributed by atoms with Crippen LogP contribution < -0.4 is 5.32 Å². The molecule has 1 aromatic heterocycles. The van der Waals surface area contributed by atoms with Gasteiger partial charge in [-0.3, -0.25) is 4.79 Å². The standard InChI is InChI=1S/C15H17NO4/c1-8(2)13(15(18)19)16-14(17)12-7-10-6-9(3)4-5-11(10)20-12/h4-8,13H,1-3H3,(H,16,17)(H,18,19)/t13-/m0/s1. The number of carboxylic acids is 1. The van der Waals surface area contributed by atoms with Crippen molar-refractivity contribution in [2.75, 3.05) is 0 Å². The Bertz CT molecular complexity index is 657. The molecule has 106 valence electrons. The van der Waals surface area contributed by atoms with Crippen LogP contribution in [0.4, 0.5) is 0 Å². The average molecular weight is 275 g/mol. The molecule has 0 unspecified atom stereocenters. The molecular weight excluding hydrogens is 258 g/mol. The molecule has 0 aliphatic heterocycles. The summed E-state index contributed by atoms with van der Waals surface area (Å²) in [5, 5.41) is 12.4. The third kappa shape index (κ3) is 2.82. The quantitative estimate of drug-likeness (QED) is 0.898. The van der Waals surface area contributed by atoms with Gasteiger partial charge in [0.05, 0.1) is 0 Å². The zero-order valence-electron chi connectivity index (χ0n) is 11.6. The molecule has 0 saturated heterocycles. The van der Waals surface area contributed by atoms with Crippen molar-refractivity contribution in [3.8, 4) is 0 Å². The summed E-state index contributed by atoms with van der Waals surface area (Å²) in [5.74, 6) is -1.65. The van der Waals surface area contributed by atoms with Gasteiger partial charge in [-0.15, -0.1) is 0 Å². The van der Waals surface area contributed by atoms with Crippen LogP contribution in [-0.2, 0) is 4.79 Å². The number of hydrogen-bond donors (Lipinski definition) is 2. The largest absolute Gasteiger partial charge is 0.480 e. The van der Waals surface area contributed by atoms with Crippen LogP contribution in [0.25, 0.3) is 11.0 Å². The summed E-state index contributed by atoms with van der Waals surface area (Å²) in [7, 11) is 0. The minimum Gasteiger partial charge on any atom is -0.480 e. The molecule has 2 rings (SSSR count). The molecule has 0 aliphatic carbocycles. The number of aliphatic carboxylic acids is 1. The van der Waals surface area contributed by atoms with Gasteiger partial charge in [-0.1, -0.05) is 25.5 Å². The molecule has 0 spiro atoms. The van der Waals surface area contributed by atoms with E-state index >= 15 is 0 Å². The first-order valence-electron chi connectivity index (χ1n) is 6.42.